The molecule has 4 atom stereocenters. The second-order valence-corrected chi connectivity index (χ2v) is 9.86. The van der Waals surface area contributed by atoms with Crippen molar-refractivity contribution in [3.05, 3.63) is 35.9 Å². The van der Waals surface area contributed by atoms with E-state index in [0.29, 0.717) is 0 Å². The Morgan fingerprint density at radius 2 is 1.84 bits per heavy atom. The number of hydrogen-bond acceptors (Lipinski definition) is 5. The van der Waals surface area contributed by atoms with E-state index >= 15 is 0 Å². The zero-order chi connectivity index (χ0) is 23.1. The topological polar surface area (TPSA) is 95.9 Å². The van der Waals surface area contributed by atoms with Crippen molar-refractivity contribution in [3.63, 3.8) is 0 Å². The lowest BCUT2D eigenvalue weighted by Crippen LogP contribution is -2.58. The molecule has 1 aromatic rings. The highest BCUT2D eigenvalue weighted by atomic mass is 16.5. The number of methoxy groups -OCH3 is 1. The van der Waals surface area contributed by atoms with Gasteiger partial charge in [0.2, 0.25) is 11.8 Å². The lowest BCUT2D eigenvalue weighted by Gasteiger charge is -2.35. The molecule has 7 nitrogen and oxygen atoms in total. The standard InChI is InChI=1S/C24H32N2O5/c1-14(2)13-24(22(29)30)19-18(20(27)26(21(19)28)23(3,4)5)17(25-24)12-9-15-7-10-16(31-6)11-8-15/h7-12,14,17-19,25H,13H2,1-6H3,(H,29,30). The molecule has 0 aliphatic carbocycles. The van der Waals surface area contributed by atoms with Crippen molar-refractivity contribution in [1.29, 1.82) is 0 Å². The molecule has 2 aliphatic heterocycles. The van der Waals surface area contributed by atoms with Gasteiger partial charge in [-0.1, -0.05) is 38.1 Å². The summed E-state index contributed by atoms with van der Waals surface area (Å²) in [4.78, 5) is 40.5. The van der Waals surface area contributed by atoms with Crippen molar-refractivity contribution < 1.29 is 24.2 Å². The summed E-state index contributed by atoms with van der Waals surface area (Å²) >= 11 is 0. The molecule has 1 aromatic carbocycles. The van der Waals surface area contributed by atoms with Gasteiger partial charge in [0.1, 0.15) is 11.3 Å². The smallest absolute Gasteiger partial charge is 0.324 e. The number of carbonyl (C=O) groups is 3. The van der Waals surface area contributed by atoms with E-state index in [1.54, 1.807) is 27.9 Å². The fourth-order valence-electron chi connectivity index (χ4n) is 4.92. The summed E-state index contributed by atoms with van der Waals surface area (Å²) in [5, 5.41) is 13.4. The average molecular weight is 429 g/mol. The number of aliphatic carboxylic acids is 1. The maximum Gasteiger partial charge on any atom is 0.324 e. The van der Waals surface area contributed by atoms with Gasteiger partial charge < -0.3 is 9.84 Å². The van der Waals surface area contributed by atoms with E-state index < -0.39 is 40.8 Å². The second-order valence-electron chi connectivity index (χ2n) is 9.86. The Labute approximate surface area is 183 Å². The van der Waals surface area contributed by atoms with Gasteiger partial charge in [-0.05, 0) is 50.8 Å². The number of nitrogens with zero attached hydrogens (tertiary/aromatic N) is 1. The van der Waals surface area contributed by atoms with Crippen LogP contribution in [-0.4, -0.2) is 52.0 Å². The molecule has 31 heavy (non-hydrogen) atoms. The summed E-state index contributed by atoms with van der Waals surface area (Å²) in [6.45, 7) is 9.23. The number of imide groups is 1. The fraction of sp³-hybridized carbons (Fsp3) is 0.542. The molecule has 168 valence electrons. The van der Waals surface area contributed by atoms with Gasteiger partial charge in [0.25, 0.3) is 0 Å². The highest BCUT2D eigenvalue weighted by molar-refractivity contribution is 6.10. The lowest BCUT2D eigenvalue weighted by atomic mass is 9.75. The maximum absolute atomic E-state index is 13.4. The number of fused-ring (bicyclic) bond motifs is 1. The molecular weight excluding hydrogens is 396 g/mol. The van der Waals surface area contributed by atoms with Crippen LogP contribution in [-0.2, 0) is 14.4 Å². The van der Waals surface area contributed by atoms with E-state index in [1.165, 1.54) is 4.90 Å². The Bertz CT molecular complexity index is 900. The van der Waals surface area contributed by atoms with Gasteiger partial charge >= 0.3 is 5.97 Å². The predicted molar refractivity (Wildman–Crippen MR) is 117 cm³/mol. The van der Waals surface area contributed by atoms with Crippen LogP contribution < -0.4 is 10.1 Å². The molecular formula is C24H32N2O5. The molecule has 2 amide bonds. The average Bonchev–Trinajstić information content (AvgIpc) is 3.14. The first-order valence-corrected chi connectivity index (χ1v) is 10.6. The van der Waals surface area contributed by atoms with Crippen LogP contribution in [0, 0.1) is 17.8 Å². The monoisotopic (exact) mass is 428 g/mol. The number of carboxylic acid groups (broad SMARTS) is 1. The van der Waals surface area contributed by atoms with Gasteiger partial charge in [-0.15, -0.1) is 0 Å². The molecule has 2 aliphatic rings. The van der Waals surface area contributed by atoms with Crippen LogP contribution in [0.1, 0.15) is 46.6 Å². The SMILES string of the molecule is COc1ccc(C=CC2NC(CC(C)C)(C(=O)O)C3C(=O)N(C(C)(C)C)C(=O)C23)cc1. The highest BCUT2D eigenvalue weighted by Gasteiger charge is 2.68. The summed E-state index contributed by atoms with van der Waals surface area (Å²) in [6.07, 6.45) is 3.91. The summed E-state index contributed by atoms with van der Waals surface area (Å²) in [5.41, 5.74) is -1.31. The van der Waals surface area contributed by atoms with E-state index in [2.05, 4.69) is 5.32 Å². The summed E-state index contributed by atoms with van der Waals surface area (Å²) in [6, 6.07) is 6.85. The van der Waals surface area contributed by atoms with E-state index in [9.17, 15) is 19.5 Å². The Balaban J connectivity index is 2.04. The molecule has 3 rings (SSSR count). The second kappa shape index (κ2) is 8.11. The van der Waals surface area contributed by atoms with Crippen molar-refractivity contribution in [2.45, 2.75) is 58.2 Å². The minimum Gasteiger partial charge on any atom is -0.497 e. The number of nitrogens with one attached hydrogen (secondary N) is 1. The van der Waals surface area contributed by atoms with Crippen LogP contribution in [0.15, 0.2) is 30.3 Å². The van der Waals surface area contributed by atoms with E-state index in [1.807, 2.05) is 50.3 Å². The number of carbonyl (C=O) groups excluding carboxylic acids is 2. The number of benzene rings is 1. The van der Waals surface area contributed by atoms with Gasteiger partial charge in [-0.25, -0.2) is 0 Å². The van der Waals surface area contributed by atoms with Crippen LogP contribution in [0.2, 0.25) is 0 Å². The molecule has 2 heterocycles. The van der Waals surface area contributed by atoms with Gasteiger partial charge in [-0.3, -0.25) is 24.6 Å². The Kier molecular flexibility index (Phi) is 6.02. The molecule has 0 radical (unpaired) electrons. The molecule has 2 N–H and O–H groups in total. The number of hydrogen-bond donors (Lipinski definition) is 2. The van der Waals surface area contributed by atoms with Gasteiger partial charge in [-0.2, -0.15) is 0 Å². The summed E-state index contributed by atoms with van der Waals surface area (Å²) in [5.74, 6) is -2.74. The normalized spacial score (nSPS) is 28.6. The number of likely N-dealkylation sites (tertiary alicyclic amines) is 1. The molecule has 0 bridgehead atoms. The largest absolute Gasteiger partial charge is 0.497 e. The Morgan fingerprint density at radius 3 is 2.32 bits per heavy atom. The summed E-state index contributed by atoms with van der Waals surface area (Å²) < 4.78 is 5.17. The van der Waals surface area contributed by atoms with Gasteiger partial charge in [0, 0.05) is 11.6 Å². The molecule has 2 saturated heterocycles. The quantitative estimate of drug-likeness (QED) is 0.677. The first kappa shape index (κ1) is 23.0. The number of amides is 2. The van der Waals surface area contributed by atoms with Crippen LogP contribution >= 0.6 is 0 Å². The molecule has 7 heteroatoms. The van der Waals surface area contributed by atoms with Crippen molar-refractivity contribution in [2.75, 3.05) is 7.11 Å². The van der Waals surface area contributed by atoms with Crippen LogP contribution in [0.4, 0.5) is 0 Å². The third-order valence-electron chi connectivity index (χ3n) is 6.09. The van der Waals surface area contributed by atoms with Crippen LogP contribution in [0.5, 0.6) is 5.75 Å². The van der Waals surface area contributed by atoms with Crippen molar-refractivity contribution in [3.8, 4) is 5.75 Å². The molecule has 0 aromatic heterocycles. The number of rotatable bonds is 6. The van der Waals surface area contributed by atoms with Crippen molar-refractivity contribution in [1.82, 2.24) is 10.2 Å². The minimum absolute atomic E-state index is 0.0279. The van der Waals surface area contributed by atoms with E-state index in [4.69, 9.17) is 4.74 Å². The van der Waals surface area contributed by atoms with Gasteiger partial charge in [0.15, 0.2) is 0 Å². The van der Waals surface area contributed by atoms with Crippen molar-refractivity contribution in [2.24, 2.45) is 17.8 Å². The van der Waals surface area contributed by atoms with Crippen LogP contribution in [0.25, 0.3) is 6.08 Å². The minimum atomic E-state index is -1.49. The molecule has 2 fully saturated rings. The Hall–Kier alpha value is -2.67. The predicted octanol–water partition coefficient (Wildman–Crippen LogP) is 2.95. The fourth-order valence-corrected chi connectivity index (χ4v) is 4.92. The molecule has 0 spiro atoms. The Morgan fingerprint density at radius 1 is 1.23 bits per heavy atom. The third-order valence-corrected chi connectivity index (χ3v) is 6.09. The van der Waals surface area contributed by atoms with Crippen molar-refractivity contribution >= 4 is 23.9 Å². The molecule has 4 unspecified atom stereocenters. The summed E-state index contributed by atoms with van der Waals surface area (Å²) in [7, 11) is 1.59. The van der Waals surface area contributed by atoms with Crippen LogP contribution in [0.3, 0.4) is 0 Å². The third kappa shape index (κ3) is 3.99. The number of carboxylic acids is 1. The van der Waals surface area contributed by atoms with E-state index in [0.717, 1.165) is 11.3 Å². The van der Waals surface area contributed by atoms with E-state index in [-0.39, 0.29) is 18.2 Å². The highest BCUT2D eigenvalue weighted by Crippen LogP contribution is 2.47. The number of ether oxygens (including phenoxy) is 1. The lowest BCUT2D eigenvalue weighted by molar-refractivity contribution is -0.154. The van der Waals surface area contributed by atoms with Gasteiger partial charge in [0.05, 0.1) is 18.9 Å². The molecule has 0 saturated carbocycles. The first-order valence-electron chi connectivity index (χ1n) is 10.6. The maximum atomic E-state index is 13.4. The zero-order valence-electron chi connectivity index (χ0n) is 19.0. The first-order chi connectivity index (χ1) is 14.4. The zero-order valence-corrected chi connectivity index (χ0v) is 19.0.